The van der Waals surface area contributed by atoms with Crippen LogP contribution < -0.4 is 10.2 Å². The summed E-state index contributed by atoms with van der Waals surface area (Å²) in [5, 5.41) is 10.3. The molecule has 2 aromatic rings. The zero-order valence-corrected chi connectivity index (χ0v) is 14.6. The molecule has 24 heavy (non-hydrogen) atoms. The lowest BCUT2D eigenvalue weighted by Gasteiger charge is -2.35. The molecule has 1 aromatic carbocycles. The standard InChI is InChI=1S/C18H25N5O/c1-13-4-6-16(7-5-13)19-17(24)12-22-8-10-23(11-9-22)18-14(2)20-21-15(18)3/h4-7H,8-12H2,1-3H3,(H,19,24)(H,20,21). The van der Waals surface area contributed by atoms with Gasteiger partial charge < -0.3 is 10.2 Å². The third-order valence-corrected chi connectivity index (χ3v) is 4.48. The lowest BCUT2D eigenvalue weighted by atomic mass is 10.2. The van der Waals surface area contributed by atoms with Gasteiger partial charge in [-0.15, -0.1) is 0 Å². The second-order valence-electron chi connectivity index (χ2n) is 6.46. The molecule has 1 aliphatic heterocycles. The molecule has 0 saturated carbocycles. The van der Waals surface area contributed by atoms with Crippen molar-refractivity contribution < 1.29 is 4.79 Å². The Hall–Kier alpha value is -2.34. The normalized spacial score (nSPS) is 15.5. The van der Waals surface area contributed by atoms with Crippen LogP contribution in [-0.4, -0.2) is 53.7 Å². The molecule has 2 N–H and O–H groups in total. The molecule has 0 atom stereocenters. The van der Waals surface area contributed by atoms with Crippen molar-refractivity contribution >= 4 is 17.3 Å². The van der Waals surface area contributed by atoms with Crippen LogP contribution in [0.5, 0.6) is 0 Å². The minimum absolute atomic E-state index is 0.0444. The Bertz CT molecular complexity index is 679. The Morgan fingerprint density at radius 2 is 1.79 bits per heavy atom. The number of hydrogen-bond acceptors (Lipinski definition) is 4. The monoisotopic (exact) mass is 327 g/mol. The van der Waals surface area contributed by atoms with E-state index in [1.165, 1.54) is 11.3 Å². The summed E-state index contributed by atoms with van der Waals surface area (Å²) < 4.78 is 0. The van der Waals surface area contributed by atoms with Crippen LogP contribution in [0.3, 0.4) is 0 Å². The number of aromatic amines is 1. The molecule has 1 aromatic heterocycles. The highest BCUT2D eigenvalue weighted by atomic mass is 16.2. The van der Waals surface area contributed by atoms with Crippen molar-refractivity contribution in [1.29, 1.82) is 0 Å². The first-order valence-corrected chi connectivity index (χ1v) is 8.38. The van der Waals surface area contributed by atoms with Crippen LogP contribution >= 0.6 is 0 Å². The van der Waals surface area contributed by atoms with Crippen LogP contribution in [0.4, 0.5) is 11.4 Å². The molecular weight excluding hydrogens is 302 g/mol. The summed E-state index contributed by atoms with van der Waals surface area (Å²) in [5.41, 5.74) is 5.40. The van der Waals surface area contributed by atoms with Crippen molar-refractivity contribution in [2.75, 3.05) is 42.9 Å². The predicted molar refractivity (Wildman–Crippen MR) is 96.5 cm³/mol. The summed E-state index contributed by atoms with van der Waals surface area (Å²) in [4.78, 5) is 16.8. The van der Waals surface area contributed by atoms with Gasteiger partial charge in [-0.25, -0.2) is 0 Å². The first-order chi connectivity index (χ1) is 11.5. The first kappa shape index (κ1) is 16.5. The quantitative estimate of drug-likeness (QED) is 0.903. The van der Waals surface area contributed by atoms with Gasteiger partial charge in [0.2, 0.25) is 5.91 Å². The highest BCUT2D eigenvalue weighted by molar-refractivity contribution is 5.92. The Morgan fingerprint density at radius 1 is 1.12 bits per heavy atom. The number of anilines is 2. The second-order valence-corrected chi connectivity index (χ2v) is 6.46. The van der Waals surface area contributed by atoms with Crippen molar-refractivity contribution in [3.05, 3.63) is 41.2 Å². The fourth-order valence-electron chi connectivity index (χ4n) is 3.18. The third-order valence-electron chi connectivity index (χ3n) is 4.48. The average molecular weight is 327 g/mol. The van der Waals surface area contributed by atoms with Gasteiger partial charge in [0.15, 0.2) is 0 Å². The number of benzene rings is 1. The van der Waals surface area contributed by atoms with Crippen molar-refractivity contribution in [3.8, 4) is 0 Å². The van der Waals surface area contributed by atoms with Crippen LogP contribution in [0.2, 0.25) is 0 Å². The molecule has 0 aliphatic carbocycles. The molecule has 3 rings (SSSR count). The van der Waals surface area contributed by atoms with E-state index in [1.54, 1.807) is 0 Å². The first-order valence-electron chi connectivity index (χ1n) is 8.38. The van der Waals surface area contributed by atoms with Crippen LogP contribution in [0.1, 0.15) is 17.0 Å². The Kier molecular flexibility index (Phi) is 4.85. The van der Waals surface area contributed by atoms with E-state index in [-0.39, 0.29) is 5.91 Å². The molecule has 0 spiro atoms. The zero-order valence-electron chi connectivity index (χ0n) is 14.6. The van der Waals surface area contributed by atoms with Gasteiger partial charge in [-0.1, -0.05) is 17.7 Å². The number of amides is 1. The van der Waals surface area contributed by atoms with E-state index in [2.05, 4.69) is 32.2 Å². The second kappa shape index (κ2) is 7.05. The summed E-state index contributed by atoms with van der Waals surface area (Å²) in [6.07, 6.45) is 0. The predicted octanol–water partition coefficient (Wildman–Crippen LogP) is 2.10. The van der Waals surface area contributed by atoms with Crippen LogP contribution in [0.15, 0.2) is 24.3 Å². The molecule has 0 unspecified atom stereocenters. The molecule has 1 amide bonds. The maximum atomic E-state index is 12.2. The summed E-state index contributed by atoms with van der Waals surface area (Å²) in [6, 6.07) is 7.89. The number of nitrogens with zero attached hydrogens (tertiary/aromatic N) is 3. The lowest BCUT2D eigenvalue weighted by molar-refractivity contribution is -0.117. The zero-order chi connectivity index (χ0) is 17.1. The van der Waals surface area contributed by atoms with Gasteiger partial charge in [-0.2, -0.15) is 5.10 Å². The van der Waals surface area contributed by atoms with Crippen molar-refractivity contribution in [3.63, 3.8) is 0 Å². The molecule has 1 fully saturated rings. The minimum Gasteiger partial charge on any atom is -0.366 e. The highest BCUT2D eigenvalue weighted by Gasteiger charge is 2.22. The van der Waals surface area contributed by atoms with Crippen molar-refractivity contribution in [2.45, 2.75) is 20.8 Å². The van der Waals surface area contributed by atoms with Gasteiger partial charge in [-0.05, 0) is 32.9 Å². The van der Waals surface area contributed by atoms with Gasteiger partial charge in [0.05, 0.1) is 23.6 Å². The van der Waals surface area contributed by atoms with E-state index in [0.717, 1.165) is 43.3 Å². The summed E-state index contributed by atoms with van der Waals surface area (Å²) >= 11 is 0. The van der Waals surface area contributed by atoms with E-state index in [4.69, 9.17) is 0 Å². The van der Waals surface area contributed by atoms with E-state index in [9.17, 15) is 4.79 Å². The molecular formula is C18H25N5O. The van der Waals surface area contributed by atoms with Gasteiger partial charge in [0.1, 0.15) is 0 Å². The fourth-order valence-corrected chi connectivity index (χ4v) is 3.18. The number of aryl methyl sites for hydroxylation is 3. The van der Waals surface area contributed by atoms with Gasteiger partial charge in [-0.3, -0.25) is 14.8 Å². The smallest absolute Gasteiger partial charge is 0.238 e. The maximum Gasteiger partial charge on any atom is 0.238 e. The Balaban J connectivity index is 1.50. The number of H-pyrrole nitrogens is 1. The van der Waals surface area contributed by atoms with E-state index >= 15 is 0 Å². The van der Waals surface area contributed by atoms with Crippen molar-refractivity contribution in [1.82, 2.24) is 15.1 Å². The number of carbonyl (C=O) groups is 1. The van der Waals surface area contributed by atoms with Crippen molar-refractivity contribution in [2.24, 2.45) is 0 Å². The SMILES string of the molecule is Cc1ccc(NC(=O)CN2CCN(c3c(C)n[nH]c3C)CC2)cc1. The highest BCUT2D eigenvalue weighted by Crippen LogP contribution is 2.23. The van der Waals surface area contributed by atoms with Crippen LogP contribution in [0, 0.1) is 20.8 Å². The van der Waals surface area contributed by atoms with Gasteiger partial charge in [0.25, 0.3) is 0 Å². The summed E-state index contributed by atoms with van der Waals surface area (Å²) in [5.74, 6) is 0.0444. The van der Waals surface area contributed by atoms with E-state index in [0.29, 0.717) is 6.54 Å². The third kappa shape index (κ3) is 3.76. The molecule has 1 saturated heterocycles. The number of hydrogen-bond donors (Lipinski definition) is 2. The van der Waals surface area contributed by atoms with E-state index < -0.39 is 0 Å². The summed E-state index contributed by atoms with van der Waals surface area (Å²) in [7, 11) is 0. The maximum absolute atomic E-state index is 12.2. The largest absolute Gasteiger partial charge is 0.366 e. The number of piperazine rings is 1. The van der Waals surface area contributed by atoms with Crippen LogP contribution in [-0.2, 0) is 4.79 Å². The van der Waals surface area contributed by atoms with E-state index in [1.807, 2.05) is 38.1 Å². The van der Waals surface area contributed by atoms with Gasteiger partial charge >= 0.3 is 0 Å². The molecule has 0 radical (unpaired) electrons. The minimum atomic E-state index is 0.0444. The molecule has 1 aliphatic rings. The Morgan fingerprint density at radius 3 is 2.38 bits per heavy atom. The topological polar surface area (TPSA) is 64.3 Å². The fraction of sp³-hybridized carbons (Fsp3) is 0.444. The number of aromatic nitrogens is 2. The molecule has 2 heterocycles. The average Bonchev–Trinajstić information content (AvgIpc) is 2.89. The molecule has 128 valence electrons. The lowest BCUT2D eigenvalue weighted by Crippen LogP contribution is -2.49. The number of nitrogens with one attached hydrogen (secondary N) is 2. The summed E-state index contributed by atoms with van der Waals surface area (Å²) in [6.45, 7) is 10.1. The molecule has 0 bridgehead atoms. The van der Waals surface area contributed by atoms with Gasteiger partial charge in [0, 0.05) is 31.9 Å². The number of rotatable bonds is 4. The number of carbonyl (C=O) groups excluding carboxylic acids is 1. The Labute approximate surface area is 142 Å². The van der Waals surface area contributed by atoms with Crippen LogP contribution in [0.25, 0.3) is 0 Å². The molecule has 6 heteroatoms. The molecule has 6 nitrogen and oxygen atoms in total.